The number of sulfone groups is 1. The molecule has 0 saturated carbocycles. The van der Waals surface area contributed by atoms with Crippen LogP contribution in [0, 0.1) is 11.8 Å². The van der Waals surface area contributed by atoms with Crippen LogP contribution in [0.25, 0.3) is 0 Å². The number of pyridine rings is 1. The predicted molar refractivity (Wildman–Crippen MR) is 179 cm³/mol. The Morgan fingerprint density at radius 1 is 0.864 bits per heavy atom. The van der Waals surface area contributed by atoms with Crippen molar-refractivity contribution in [2.75, 3.05) is 63.9 Å². The summed E-state index contributed by atoms with van der Waals surface area (Å²) in [7, 11) is -2.96. The fraction of sp³-hybridized carbons (Fsp3) is 0.594. The summed E-state index contributed by atoms with van der Waals surface area (Å²) in [5.74, 6) is 1.14. The monoisotopic (exact) mass is 768 g/mol. The normalized spacial score (nSPS) is 23.5. The first-order valence-electron chi connectivity index (χ1n) is 15.6. The lowest BCUT2D eigenvalue weighted by Crippen LogP contribution is -2.49. The summed E-state index contributed by atoms with van der Waals surface area (Å²) in [5.41, 5.74) is 5.05. The van der Waals surface area contributed by atoms with Gasteiger partial charge in [-0.25, -0.2) is 8.42 Å². The molecule has 1 amide bonds. The standard InChI is InChI=1S/C32H39Br2ClN4O4S/c33-25-15-24-2-1-23-16-26(35)17-27(34)30(23)31(32(24)36-18-25)22-3-7-37(8-4-22)19-28(40)21-5-9-39(10-6-21)29(41)20-38-11-13-44(42,43)14-12-38/h15-18,21-22,31H,1-14,19-20H2/t31-/m1/s1. The molecule has 1 aromatic heterocycles. The van der Waals surface area contributed by atoms with Crippen molar-refractivity contribution in [3.05, 3.63) is 60.7 Å². The maximum atomic E-state index is 13.3. The van der Waals surface area contributed by atoms with E-state index in [9.17, 15) is 18.0 Å². The van der Waals surface area contributed by atoms with Gasteiger partial charge in [0.1, 0.15) is 5.78 Å². The van der Waals surface area contributed by atoms with Crippen LogP contribution in [0.2, 0.25) is 5.02 Å². The summed E-state index contributed by atoms with van der Waals surface area (Å²) in [5, 5.41) is 0.748. The van der Waals surface area contributed by atoms with Gasteiger partial charge in [0, 0.05) is 58.2 Å². The number of nitrogens with zero attached hydrogens (tertiary/aromatic N) is 4. The number of ketones is 1. The van der Waals surface area contributed by atoms with E-state index in [1.54, 1.807) is 0 Å². The van der Waals surface area contributed by atoms with Crippen LogP contribution in [-0.2, 0) is 32.3 Å². The molecular formula is C32H39Br2ClN4O4S. The third-order valence-corrected chi connectivity index (χ3v) is 12.9. The Morgan fingerprint density at radius 2 is 1.52 bits per heavy atom. The van der Waals surface area contributed by atoms with Crippen LogP contribution in [0.5, 0.6) is 0 Å². The van der Waals surface area contributed by atoms with Crippen molar-refractivity contribution in [2.24, 2.45) is 11.8 Å². The number of carbonyl (C=O) groups excluding carboxylic acids is 2. The van der Waals surface area contributed by atoms with Crippen LogP contribution >= 0.6 is 43.5 Å². The van der Waals surface area contributed by atoms with E-state index < -0.39 is 9.84 Å². The van der Waals surface area contributed by atoms with Gasteiger partial charge in [-0.1, -0.05) is 27.5 Å². The van der Waals surface area contributed by atoms with Crippen molar-refractivity contribution >= 4 is 65.0 Å². The maximum absolute atomic E-state index is 13.3. The van der Waals surface area contributed by atoms with Gasteiger partial charge in [0.25, 0.3) is 0 Å². The van der Waals surface area contributed by atoms with E-state index in [2.05, 4.69) is 48.9 Å². The van der Waals surface area contributed by atoms with Gasteiger partial charge in [-0.2, -0.15) is 0 Å². The molecule has 44 heavy (non-hydrogen) atoms. The van der Waals surface area contributed by atoms with Crippen molar-refractivity contribution in [3.63, 3.8) is 0 Å². The molecule has 0 unspecified atom stereocenters. The number of halogens is 3. The number of likely N-dealkylation sites (tertiary alicyclic amines) is 2. The van der Waals surface area contributed by atoms with Gasteiger partial charge in [-0.15, -0.1) is 0 Å². The lowest BCUT2D eigenvalue weighted by molar-refractivity contribution is -0.136. The summed E-state index contributed by atoms with van der Waals surface area (Å²) in [6.07, 6.45) is 7.15. The van der Waals surface area contributed by atoms with E-state index in [0.29, 0.717) is 51.5 Å². The first-order chi connectivity index (χ1) is 21.1. The molecule has 4 aliphatic rings. The first-order valence-corrected chi connectivity index (χ1v) is 19.4. The molecule has 4 heterocycles. The van der Waals surface area contributed by atoms with E-state index in [4.69, 9.17) is 16.6 Å². The SMILES string of the molecule is O=C(CN1CCC([C@H]2c3ncc(Br)cc3CCc3cc(Cl)cc(Br)c32)CC1)C1CCN(C(=O)CN2CCS(=O)(=O)CC2)CC1. The Labute approximate surface area is 282 Å². The van der Waals surface area contributed by atoms with Gasteiger partial charge in [0.2, 0.25) is 5.91 Å². The molecule has 3 aliphatic heterocycles. The van der Waals surface area contributed by atoms with E-state index in [1.165, 1.54) is 16.7 Å². The van der Waals surface area contributed by atoms with Gasteiger partial charge in [0.15, 0.2) is 9.84 Å². The summed E-state index contributed by atoms with van der Waals surface area (Å²) in [6, 6.07) is 6.33. The fourth-order valence-electron chi connectivity index (χ4n) is 7.47. The van der Waals surface area contributed by atoms with E-state index in [1.807, 2.05) is 22.1 Å². The van der Waals surface area contributed by atoms with Crippen molar-refractivity contribution in [3.8, 4) is 0 Å². The molecule has 3 saturated heterocycles. The molecule has 238 valence electrons. The third kappa shape index (κ3) is 7.44. The number of rotatable bonds is 6. The van der Waals surface area contributed by atoms with E-state index in [-0.39, 0.29) is 41.6 Å². The minimum Gasteiger partial charge on any atom is -0.342 e. The number of benzene rings is 1. The minimum atomic E-state index is -2.96. The molecule has 0 N–H and O–H groups in total. The lowest BCUT2D eigenvalue weighted by atomic mass is 9.76. The first kappa shape index (κ1) is 32.6. The fourth-order valence-corrected chi connectivity index (χ4v) is 10.3. The molecule has 0 spiro atoms. The zero-order valence-corrected chi connectivity index (χ0v) is 29.6. The average molecular weight is 771 g/mol. The largest absolute Gasteiger partial charge is 0.342 e. The van der Waals surface area contributed by atoms with Gasteiger partial charge >= 0.3 is 0 Å². The second-order valence-corrected chi connectivity index (χ2v) is 17.3. The summed E-state index contributed by atoms with van der Waals surface area (Å²) in [6.45, 7) is 4.49. The molecule has 8 nitrogen and oxygen atoms in total. The number of aryl methyl sites for hydroxylation is 2. The average Bonchev–Trinajstić information content (AvgIpc) is 3.15. The smallest absolute Gasteiger partial charge is 0.236 e. The molecule has 1 aromatic carbocycles. The highest BCUT2D eigenvalue weighted by Gasteiger charge is 2.37. The molecule has 0 radical (unpaired) electrons. The zero-order chi connectivity index (χ0) is 31.0. The highest BCUT2D eigenvalue weighted by molar-refractivity contribution is 9.10. The maximum Gasteiger partial charge on any atom is 0.236 e. The topological polar surface area (TPSA) is 90.9 Å². The van der Waals surface area contributed by atoms with Gasteiger partial charge < -0.3 is 4.90 Å². The van der Waals surface area contributed by atoms with Crippen molar-refractivity contribution in [2.45, 2.75) is 44.4 Å². The Balaban J connectivity index is 1.03. The molecule has 0 bridgehead atoms. The molecule has 3 fully saturated rings. The number of fused-ring (bicyclic) bond motifs is 2. The van der Waals surface area contributed by atoms with Crippen molar-refractivity contribution in [1.29, 1.82) is 0 Å². The van der Waals surface area contributed by atoms with Crippen LogP contribution in [0.3, 0.4) is 0 Å². The quantitative estimate of drug-likeness (QED) is 0.420. The summed E-state index contributed by atoms with van der Waals surface area (Å²) < 4.78 is 25.4. The van der Waals surface area contributed by atoms with E-state index >= 15 is 0 Å². The number of Topliss-reactive ketones (excluding diaryl/α,β-unsaturated/α-hetero) is 1. The van der Waals surface area contributed by atoms with Crippen LogP contribution in [0.15, 0.2) is 33.3 Å². The van der Waals surface area contributed by atoms with E-state index in [0.717, 1.165) is 58.4 Å². The highest BCUT2D eigenvalue weighted by Crippen LogP contribution is 2.46. The second kappa shape index (κ2) is 13.8. The molecular weight excluding hydrogens is 732 g/mol. The highest BCUT2D eigenvalue weighted by atomic mass is 79.9. The molecule has 1 atom stereocenters. The predicted octanol–water partition coefficient (Wildman–Crippen LogP) is 4.74. The van der Waals surface area contributed by atoms with Crippen LogP contribution in [-0.4, -0.2) is 104 Å². The van der Waals surface area contributed by atoms with Crippen molar-refractivity contribution < 1.29 is 18.0 Å². The Kier molecular flexibility index (Phi) is 10.2. The second-order valence-electron chi connectivity index (χ2n) is 12.8. The number of carbonyl (C=O) groups is 2. The van der Waals surface area contributed by atoms with Crippen molar-refractivity contribution in [1.82, 2.24) is 19.7 Å². The van der Waals surface area contributed by atoms with Gasteiger partial charge in [-0.05, 0) is 108 Å². The summed E-state index contributed by atoms with van der Waals surface area (Å²) >= 11 is 13.9. The molecule has 12 heteroatoms. The van der Waals surface area contributed by atoms with Crippen LogP contribution in [0.1, 0.15) is 54.0 Å². The Morgan fingerprint density at radius 3 is 2.23 bits per heavy atom. The zero-order valence-electron chi connectivity index (χ0n) is 24.8. The number of amides is 1. The van der Waals surface area contributed by atoms with Crippen LogP contribution < -0.4 is 0 Å². The third-order valence-electron chi connectivity index (χ3n) is 10.00. The number of hydrogen-bond donors (Lipinski definition) is 0. The van der Waals surface area contributed by atoms with Crippen LogP contribution in [0.4, 0.5) is 0 Å². The Hall–Kier alpha value is -1.37. The Bertz CT molecular complexity index is 1510. The lowest BCUT2D eigenvalue weighted by Gasteiger charge is -2.38. The minimum absolute atomic E-state index is 0.0131. The number of piperidine rings is 2. The summed E-state index contributed by atoms with van der Waals surface area (Å²) in [4.78, 5) is 37.2. The number of aromatic nitrogens is 1. The molecule has 6 rings (SSSR count). The number of hydrogen-bond acceptors (Lipinski definition) is 7. The van der Waals surface area contributed by atoms with Gasteiger partial charge in [0.05, 0.1) is 30.3 Å². The molecule has 2 aromatic rings. The van der Waals surface area contributed by atoms with Gasteiger partial charge in [-0.3, -0.25) is 24.4 Å². The molecule has 1 aliphatic carbocycles.